The highest BCUT2D eigenvalue weighted by Gasteiger charge is 2.19. The topological polar surface area (TPSA) is 78.9 Å². The number of hydrogen-bond acceptors (Lipinski definition) is 6. The van der Waals surface area contributed by atoms with Crippen molar-refractivity contribution >= 4 is 17.9 Å². The molecule has 0 saturated carbocycles. The fourth-order valence-electron chi connectivity index (χ4n) is 8.55. The van der Waals surface area contributed by atoms with E-state index in [-0.39, 0.29) is 31.1 Å². The van der Waals surface area contributed by atoms with Crippen LogP contribution in [0.3, 0.4) is 0 Å². The fraction of sp³-hybridized carbons (Fsp3) is 0.881. The van der Waals surface area contributed by atoms with E-state index in [1.807, 2.05) is 0 Å². The van der Waals surface area contributed by atoms with Gasteiger partial charge >= 0.3 is 17.9 Å². The molecule has 0 saturated heterocycles. The molecule has 0 rings (SSSR count). The molecule has 65 heavy (non-hydrogen) atoms. The molecule has 0 bridgehead atoms. The number of esters is 3. The molecule has 0 heterocycles. The van der Waals surface area contributed by atoms with Crippen LogP contribution in [0.15, 0.2) is 24.3 Å². The van der Waals surface area contributed by atoms with E-state index in [4.69, 9.17) is 14.2 Å². The molecule has 0 aliphatic heterocycles. The zero-order valence-corrected chi connectivity index (χ0v) is 43.8. The van der Waals surface area contributed by atoms with Crippen LogP contribution < -0.4 is 0 Å². The standard InChI is InChI=1S/C59H110O6/c1-4-7-10-13-16-19-22-24-26-28-29-31-33-35-38-40-43-46-49-52-58(61)64-55-56(65-59(62)53-50-47-44-41-36-21-18-15-12-9-6-3)54-63-57(60)51-48-45-42-39-37-34-32-30-27-25-23-20-17-14-11-8-5-2/h24-27,56H,4-23,28-55H2,1-3H3/b26-24-,27-25-/t56-/m0/s1. The Bertz CT molecular complexity index is 1050. The number of allylic oxidation sites excluding steroid dienone is 4. The third-order valence-electron chi connectivity index (χ3n) is 12.9. The number of rotatable bonds is 53. The Kier molecular flexibility index (Phi) is 52.7. The predicted molar refractivity (Wildman–Crippen MR) is 279 cm³/mol. The number of ether oxygens (including phenoxy) is 3. The molecule has 0 amide bonds. The van der Waals surface area contributed by atoms with Gasteiger partial charge in [0.1, 0.15) is 13.2 Å². The molecule has 6 heteroatoms. The first-order valence-corrected chi connectivity index (χ1v) is 28.8. The van der Waals surface area contributed by atoms with Crippen LogP contribution in [-0.2, 0) is 28.6 Å². The molecule has 0 aliphatic carbocycles. The van der Waals surface area contributed by atoms with Crippen molar-refractivity contribution < 1.29 is 28.6 Å². The summed E-state index contributed by atoms with van der Waals surface area (Å²) in [5.74, 6) is -0.858. The van der Waals surface area contributed by atoms with Gasteiger partial charge in [0.2, 0.25) is 0 Å². The van der Waals surface area contributed by atoms with Crippen LogP contribution in [0.2, 0.25) is 0 Å². The normalized spacial score (nSPS) is 12.1. The molecular weight excluding hydrogens is 805 g/mol. The van der Waals surface area contributed by atoms with Gasteiger partial charge in [-0.15, -0.1) is 0 Å². The molecule has 382 valence electrons. The number of unbranched alkanes of at least 4 members (excludes halogenated alkanes) is 38. The second-order valence-corrected chi connectivity index (χ2v) is 19.6. The van der Waals surface area contributed by atoms with Crippen LogP contribution in [0.25, 0.3) is 0 Å². The molecule has 6 nitrogen and oxygen atoms in total. The summed E-state index contributed by atoms with van der Waals surface area (Å²) in [7, 11) is 0. The Morgan fingerprint density at radius 1 is 0.292 bits per heavy atom. The third kappa shape index (κ3) is 52.7. The lowest BCUT2D eigenvalue weighted by Crippen LogP contribution is -2.30. The first-order valence-electron chi connectivity index (χ1n) is 28.8. The highest BCUT2D eigenvalue weighted by molar-refractivity contribution is 5.71. The average Bonchev–Trinajstić information content (AvgIpc) is 3.30. The van der Waals surface area contributed by atoms with E-state index in [0.717, 1.165) is 57.8 Å². The summed E-state index contributed by atoms with van der Waals surface area (Å²) in [6.45, 7) is 6.66. The second kappa shape index (κ2) is 54.5. The van der Waals surface area contributed by atoms with Gasteiger partial charge in [0.05, 0.1) is 0 Å². The quantitative estimate of drug-likeness (QED) is 0.0262. The van der Waals surface area contributed by atoms with Crippen molar-refractivity contribution in [2.75, 3.05) is 13.2 Å². The number of hydrogen-bond donors (Lipinski definition) is 0. The smallest absolute Gasteiger partial charge is 0.306 e. The van der Waals surface area contributed by atoms with Crippen LogP contribution in [0, 0.1) is 0 Å². The lowest BCUT2D eigenvalue weighted by Gasteiger charge is -2.18. The Labute approximate surface area is 404 Å². The van der Waals surface area contributed by atoms with Crippen LogP contribution in [-0.4, -0.2) is 37.2 Å². The molecule has 0 aromatic rings. The van der Waals surface area contributed by atoms with Crippen LogP contribution in [0.1, 0.15) is 316 Å². The summed E-state index contributed by atoms with van der Waals surface area (Å²) in [6, 6.07) is 0. The summed E-state index contributed by atoms with van der Waals surface area (Å²) in [4.78, 5) is 38.1. The Balaban J connectivity index is 4.27. The summed E-state index contributed by atoms with van der Waals surface area (Å²) >= 11 is 0. The average molecular weight is 916 g/mol. The van der Waals surface area contributed by atoms with E-state index < -0.39 is 6.10 Å². The van der Waals surface area contributed by atoms with Crippen molar-refractivity contribution in [2.24, 2.45) is 0 Å². The van der Waals surface area contributed by atoms with E-state index in [9.17, 15) is 14.4 Å². The first kappa shape index (κ1) is 62.9. The predicted octanol–water partition coefficient (Wildman–Crippen LogP) is 19.1. The maximum atomic E-state index is 12.8. The van der Waals surface area contributed by atoms with Gasteiger partial charge in [-0.25, -0.2) is 0 Å². The SMILES string of the molecule is CCCCCCCC/C=C\CCCCCCCCCCCC(=O)OC[C@H](COC(=O)CCCCCCCCC/C=C\CCCCCCCC)OC(=O)CCCCCCCCCCCCC. The number of carbonyl (C=O) groups is 3. The minimum atomic E-state index is -0.769. The maximum absolute atomic E-state index is 12.8. The van der Waals surface area contributed by atoms with Crippen molar-refractivity contribution in [3.63, 3.8) is 0 Å². The van der Waals surface area contributed by atoms with Crippen molar-refractivity contribution in [1.29, 1.82) is 0 Å². The minimum Gasteiger partial charge on any atom is -0.462 e. The molecule has 0 aromatic heterocycles. The molecule has 0 fully saturated rings. The van der Waals surface area contributed by atoms with E-state index in [1.54, 1.807) is 0 Å². The van der Waals surface area contributed by atoms with E-state index in [2.05, 4.69) is 45.1 Å². The van der Waals surface area contributed by atoms with E-state index >= 15 is 0 Å². The van der Waals surface area contributed by atoms with Gasteiger partial charge < -0.3 is 14.2 Å². The van der Waals surface area contributed by atoms with Crippen LogP contribution >= 0.6 is 0 Å². The highest BCUT2D eigenvalue weighted by atomic mass is 16.6. The Morgan fingerprint density at radius 3 is 0.769 bits per heavy atom. The zero-order valence-electron chi connectivity index (χ0n) is 43.8. The lowest BCUT2D eigenvalue weighted by molar-refractivity contribution is -0.167. The molecule has 0 spiro atoms. The number of carbonyl (C=O) groups excluding carboxylic acids is 3. The summed E-state index contributed by atoms with van der Waals surface area (Å²) in [5, 5.41) is 0. The molecular formula is C59H110O6. The van der Waals surface area contributed by atoms with Gasteiger partial charge in [0, 0.05) is 19.3 Å². The summed E-state index contributed by atoms with van der Waals surface area (Å²) in [6.07, 6.45) is 63.1. The molecule has 0 aliphatic rings. The van der Waals surface area contributed by atoms with Crippen molar-refractivity contribution in [2.45, 2.75) is 322 Å². The van der Waals surface area contributed by atoms with Gasteiger partial charge in [-0.2, -0.15) is 0 Å². The Hall–Kier alpha value is -2.11. The summed E-state index contributed by atoms with van der Waals surface area (Å²) < 4.78 is 16.9. The Morgan fingerprint density at radius 2 is 0.508 bits per heavy atom. The van der Waals surface area contributed by atoms with Gasteiger partial charge in [-0.3, -0.25) is 14.4 Å². The van der Waals surface area contributed by atoms with E-state index in [1.165, 1.54) is 218 Å². The molecule has 1 atom stereocenters. The zero-order chi connectivity index (χ0) is 47.2. The lowest BCUT2D eigenvalue weighted by atomic mass is 10.1. The molecule has 0 N–H and O–H groups in total. The van der Waals surface area contributed by atoms with Gasteiger partial charge in [-0.1, -0.05) is 251 Å². The third-order valence-corrected chi connectivity index (χ3v) is 12.9. The monoisotopic (exact) mass is 915 g/mol. The van der Waals surface area contributed by atoms with E-state index in [0.29, 0.717) is 19.3 Å². The van der Waals surface area contributed by atoms with Crippen molar-refractivity contribution in [1.82, 2.24) is 0 Å². The van der Waals surface area contributed by atoms with Crippen molar-refractivity contribution in [3.8, 4) is 0 Å². The maximum Gasteiger partial charge on any atom is 0.306 e. The highest BCUT2D eigenvalue weighted by Crippen LogP contribution is 2.16. The minimum absolute atomic E-state index is 0.0695. The second-order valence-electron chi connectivity index (χ2n) is 19.6. The molecule has 0 unspecified atom stereocenters. The van der Waals surface area contributed by atoms with Crippen molar-refractivity contribution in [3.05, 3.63) is 24.3 Å². The molecule has 0 radical (unpaired) electrons. The van der Waals surface area contributed by atoms with Crippen LogP contribution in [0.4, 0.5) is 0 Å². The fourth-order valence-corrected chi connectivity index (χ4v) is 8.55. The largest absolute Gasteiger partial charge is 0.462 e. The van der Waals surface area contributed by atoms with Gasteiger partial charge in [-0.05, 0) is 70.6 Å². The first-order chi connectivity index (χ1) is 32.0. The van der Waals surface area contributed by atoms with Crippen LogP contribution in [0.5, 0.6) is 0 Å². The van der Waals surface area contributed by atoms with Gasteiger partial charge in [0.25, 0.3) is 0 Å². The summed E-state index contributed by atoms with van der Waals surface area (Å²) in [5.41, 5.74) is 0. The molecule has 0 aromatic carbocycles. The van der Waals surface area contributed by atoms with Gasteiger partial charge in [0.15, 0.2) is 6.10 Å².